The Balaban J connectivity index is 2.23. The number of aldehydes is 1. The highest BCUT2D eigenvalue weighted by molar-refractivity contribution is 6.31. The number of benzene rings is 1. The molecule has 1 aromatic carbocycles. The molecular weight excluding hydrogens is 248 g/mol. The zero-order valence-electron chi connectivity index (χ0n) is 10.9. The van der Waals surface area contributed by atoms with Gasteiger partial charge in [-0.05, 0) is 45.1 Å². The SMILES string of the molecule is CN(C)C1CCCN(c2ccc(Cl)cc2C=O)C1. The fraction of sp³-hybridized carbons (Fsp3) is 0.500. The summed E-state index contributed by atoms with van der Waals surface area (Å²) < 4.78 is 0. The van der Waals surface area contributed by atoms with Crippen LogP contribution < -0.4 is 4.90 Å². The van der Waals surface area contributed by atoms with Gasteiger partial charge in [-0.25, -0.2) is 0 Å². The highest BCUT2D eigenvalue weighted by atomic mass is 35.5. The lowest BCUT2D eigenvalue weighted by Crippen LogP contribution is -2.45. The van der Waals surface area contributed by atoms with Crippen molar-refractivity contribution < 1.29 is 4.79 Å². The molecule has 1 atom stereocenters. The Morgan fingerprint density at radius 2 is 2.22 bits per heavy atom. The fourth-order valence-corrected chi connectivity index (χ4v) is 2.68. The van der Waals surface area contributed by atoms with Crippen LogP contribution in [0.15, 0.2) is 18.2 Å². The molecule has 2 rings (SSSR count). The van der Waals surface area contributed by atoms with Crippen LogP contribution in [0.25, 0.3) is 0 Å². The Bertz CT molecular complexity index is 434. The maximum atomic E-state index is 11.1. The van der Waals surface area contributed by atoms with E-state index in [0.717, 1.165) is 31.5 Å². The fourth-order valence-electron chi connectivity index (χ4n) is 2.50. The molecule has 0 radical (unpaired) electrons. The third-order valence-corrected chi connectivity index (χ3v) is 3.82. The summed E-state index contributed by atoms with van der Waals surface area (Å²) in [6.07, 6.45) is 3.26. The van der Waals surface area contributed by atoms with E-state index >= 15 is 0 Å². The van der Waals surface area contributed by atoms with Crippen LogP contribution in [-0.2, 0) is 0 Å². The molecule has 1 aromatic rings. The molecule has 0 aliphatic carbocycles. The van der Waals surface area contributed by atoms with Crippen LogP contribution in [0.4, 0.5) is 5.69 Å². The molecular formula is C14H19ClN2O. The van der Waals surface area contributed by atoms with Crippen molar-refractivity contribution in [2.75, 3.05) is 32.1 Å². The number of hydrogen-bond acceptors (Lipinski definition) is 3. The summed E-state index contributed by atoms with van der Waals surface area (Å²) >= 11 is 5.93. The third-order valence-electron chi connectivity index (χ3n) is 3.58. The molecule has 0 bridgehead atoms. The topological polar surface area (TPSA) is 23.6 Å². The van der Waals surface area contributed by atoms with Crippen molar-refractivity contribution in [3.05, 3.63) is 28.8 Å². The minimum absolute atomic E-state index is 0.550. The Hall–Kier alpha value is -1.06. The first-order chi connectivity index (χ1) is 8.61. The van der Waals surface area contributed by atoms with Gasteiger partial charge < -0.3 is 9.80 Å². The van der Waals surface area contributed by atoms with Gasteiger partial charge in [0.15, 0.2) is 6.29 Å². The van der Waals surface area contributed by atoms with E-state index in [1.807, 2.05) is 12.1 Å². The van der Waals surface area contributed by atoms with Crippen molar-refractivity contribution in [1.82, 2.24) is 4.90 Å². The average Bonchev–Trinajstić information content (AvgIpc) is 2.38. The molecule has 0 N–H and O–H groups in total. The predicted molar refractivity (Wildman–Crippen MR) is 75.8 cm³/mol. The van der Waals surface area contributed by atoms with Gasteiger partial charge in [-0.1, -0.05) is 11.6 Å². The second-order valence-corrected chi connectivity index (χ2v) is 5.46. The predicted octanol–water partition coefficient (Wildman–Crippen LogP) is 2.68. The minimum atomic E-state index is 0.550. The van der Waals surface area contributed by atoms with E-state index in [1.165, 1.54) is 6.42 Å². The second-order valence-electron chi connectivity index (χ2n) is 5.03. The van der Waals surface area contributed by atoms with E-state index in [4.69, 9.17) is 11.6 Å². The minimum Gasteiger partial charge on any atom is -0.369 e. The summed E-state index contributed by atoms with van der Waals surface area (Å²) in [7, 11) is 4.22. The Morgan fingerprint density at radius 1 is 1.44 bits per heavy atom. The highest BCUT2D eigenvalue weighted by Gasteiger charge is 2.22. The van der Waals surface area contributed by atoms with Crippen LogP contribution >= 0.6 is 11.6 Å². The summed E-state index contributed by atoms with van der Waals surface area (Å²) in [6.45, 7) is 1.97. The van der Waals surface area contributed by atoms with Crippen LogP contribution in [0.1, 0.15) is 23.2 Å². The van der Waals surface area contributed by atoms with Gasteiger partial charge in [-0.3, -0.25) is 4.79 Å². The molecule has 0 amide bonds. The van der Waals surface area contributed by atoms with Crippen molar-refractivity contribution >= 4 is 23.6 Å². The molecule has 1 aliphatic heterocycles. The monoisotopic (exact) mass is 266 g/mol. The number of piperidine rings is 1. The molecule has 98 valence electrons. The van der Waals surface area contributed by atoms with Gasteiger partial charge in [-0.2, -0.15) is 0 Å². The summed E-state index contributed by atoms with van der Waals surface area (Å²) in [5, 5.41) is 0.613. The maximum Gasteiger partial charge on any atom is 0.152 e. The number of rotatable bonds is 3. The van der Waals surface area contributed by atoms with E-state index < -0.39 is 0 Å². The number of likely N-dealkylation sites (N-methyl/N-ethyl adjacent to an activating group) is 1. The Morgan fingerprint density at radius 3 is 2.89 bits per heavy atom. The van der Waals surface area contributed by atoms with Gasteiger partial charge in [0, 0.05) is 35.4 Å². The van der Waals surface area contributed by atoms with Gasteiger partial charge in [0.25, 0.3) is 0 Å². The number of anilines is 1. The lowest BCUT2D eigenvalue weighted by Gasteiger charge is -2.38. The van der Waals surface area contributed by atoms with Crippen LogP contribution in [0.5, 0.6) is 0 Å². The molecule has 1 unspecified atom stereocenters. The number of nitrogens with zero attached hydrogens (tertiary/aromatic N) is 2. The van der Waals surface area contributed by atoms with Crippen molar-refractivity contribution in [1.29, 1.82) is 0 Å². The standard InChI is InChI=1S/C14H19ClN2O/c1-16(2)13-4-3-7-17(9-13)14-6-5-12(15)8-11(14)10-18/h5-6,8,10,13H,3-4,7,9H2,1-2H3. The summed E-state index contributed by atoms with van der Waals surface area (Å²) in [5.41, 5.74) is 1.68. The van der Waals surface area contributed by atoms with Crippen LogP contribution in [0.2, 0.25) is 5.02 Å². The van der Waals surface area contributed by atoms with Gasteiger partial charge in [0.05, 0.1) is 0 Å². The molecule has 18 heavy (non-hydrogen) atoms. The van der Waals surface area contributed by atoms with Gasteiger partial charge >= 0.3 is 0 Å². The molecule has 0 spiro atoms. The Labute approximate surface area is 113 Å². The molecule has 1 fully saturated rings. The molecule has 0 aromatic heterocycles. The van der Waals surface area contributed by atoms with E-state index in [1.54, 1.807) is 6.07 Å². The maximum absolute atomic E-state index is 11.1. The molecule has 1 saturated heterocycles. The highest BCUT2D eigenvalue weighted by Crippen LogP contribution is 2.26. The first-order valence-electron chi connectivity index (χ1n) is 6.28. The number of carbonyl (C=O) groups excluding carboxylic acids is 1. The Kier molecular flexibility index (Phi) is 4.25. The van der Waals surface area contributed by atoms with Gasteiger partial charge in [0.2, 0.25) is 0 Å². The largest absolute Gasteiger partial charge is 0.369 e. The van der Waals surface area contributed by atoms with E-state index in [9.17, 15) is 4.79 Å². The van der Waals surface area contributed by atoms with Crippen LogP contribution in [-0.4, -0.2) is 44.4 Å². The lowest BCUT2D eigenvalue weighted by molar-refractivity contribution is 0.112. The van der Waals surface area contributed by atoms with Crippen molar-refractivity contribution in [2.24, 2.45) is 0 Å². The summed E-state index contributed by atoms with van der Waals surface area (Å²) in [6, 6.07) is 6.09. The normalized spacial score (nSPS) is 20.2. The molecule has 1 aliphatic rings. The smallest absolute Gasteiger partial charge is 0.152 e. The number of hydrogen-bond donors (Lipinski definition) is 0. The van der Waals surface area contributed by atoms with Crippen LogP contribution in [0, 0.1) is 0 Å². The second kappa shape index (κ2) is 5.72. The zero-order valence-corrected chi connectivity index (χ0v) is 11.7. The third kappa shape index (κ3) is 2.85. The first kappa shape index (κ1) is 13.4. The lowest BCUT2D eigenvalue weighted by atomic mass is 10.0. The van der Waals surface area contributed by atoms with Crippen molar-refractivity contribution in [2.45, 2.75) is 18.9 Å². The summed E-state index contributed by atoms with van der Waals surface area (Å²) in [4.78, 5) is 15.7. The quantitative estimate of drug-likeness (QED) is 0.786. The average molecular weight is 267 g/mol. The zero-order chi connectivity index (χ0) is 13.1. The van der Waals surface area contributed by atoms with Crippen molar-refractivity contribution in [3.8, 4) is 0 Å². The van der Waals surface area contributed by atoms with Gasteiger partial charge in [0.1, 0.15) is 0 Å². The first-order valence-corrected chi connectivity index (χ1v) is 6.65. The molecule has 0 saturated carbocycles. The van der Waals surface area contributed by atoms with Crippen molar-refractivity contribution in [3.63, 3.8) is 0 Å². The number of halogens is 1. The van der Waals surface area contributed by atoms with E-state index in [-0.39, 0.29) is 0 Å². The van der Waals surface area contributed by atoms with Crippen LogP contribution in [0.3, 0.4) is 0 Å². The number of carbonyl (C=O) groups is 1. The molecule has 3 nitrogen and oxygen atoms in total. The molecule has 4 heteroatoms. The molecule has 1 heterocycles. The van der Waals surface area contributed by atoms with E-state index in [0.29, 0.717) is 16.6 Å². The summed E-state index contributed by atoms with van der Waals surface area (Å²) in [5.74, 6) is 0. The van der Waals surface area contributed by atoms with E-state index in [2.05, 4.69) is 23.9 Å². The van der Waals surface area contributed by atoms with Gasteiger partial charge in [-0.15, -0.1) is 0 Å².